The summed E-state index contributed by atoms with van der Waals surface area (Å²) in [6.45, 7) is 5.45. The lowest BCUT2D eigenvalue weighted by atomic mass is 9.74. The molecule has 0 bridgehead atoms. The molecule has 4 atom stereocenters. The van der Waals surface area contributed by atoms with Crippen molar-refractivity contribution in [1.29, 1.82) is 0 Å². The molecule has 1 heterocycles. The van der Waals surface area contributed by atoms with Gasteiger partial charge in [0.25, 0.3) is 0 Å². The topological polar surface area (TPSA) is 29.1 Å². The van der Waals surface area contributed by atoms with Crippen LogP contribution in [0.1, 0.15) is 52.4 Å². The molecule has 1 aliphatic carbocycles. The molecule has 0 aromatic carbocycles. The second-order valence-electron chi connectivity index (χ2n) is 5.68. The van der Waals surface area contributed by atoms with Crippen molar-refractivity contribution in [3.05, 3.63) is 0 Å². The predicted molar refractivity (Wildman–Crippen MR) is 66.3 cm³/mol. The van der Waals surface area contributed by atoms with Crippen molar-refractivity contribution in [3.63, 3.8) is 0 Å². The lowest BCUT2D eigenvalue weighted by Gasteiger charge is -2.30. The van der Waals surface area contributed by atoms with Crippen LogP contribution in [-0.2, 0) is 4.79 Å². The van der Waals surface area contributed by atoms with Crippen LogP contribution in [0.25, 0.3) is 0 Å². The summed E-state index contributed by atoms with van der Waals surface area (Å²) >= 11 is 0. The van der Waals surface area contributed by atoms with Gasteiger partial charge in [0.15, 0.2) is 0 Å². The van der Waals surface area contributed by atoms with E-state index in [1.807, 2.05) is 0 Å². The van der Waals surface area contributed by atoms with Crippen molar-refractivity contribution in [2.24, 2.45) is 17.8 Å². The fraction of sp³-hybridized carbons (Fsp3) is 0.929. The Kier molecular flexibility index (Phi) is 4.01. The van der Waals surface area contributed by atoms with E-state index in [1.165, 1.54) is 25.7 Å². The third kappa shape index (κ3) is 2.48. The smallest absolute Gasteiger partial charge is 0.140 e. The molecule has 0 amide bonds. The lowest BCUT2D eigenvalue weighted by molar-refractivity contribution is -0.128. The van der Waals surface area contributed by atoms with Gasteiger partial charge in [-0.15, -0.1) is 0 Å². The van der Waals surface area contributed by atoms with E-state index in [1.54, 1.807) is 0 Å². The van der Waals surface area contributed by atoms with Crippen molar-refractivity contribution in [3.8, 4) is 0 Å². The Bertz CT molecular complexity index is 251. The second-order valence-corrected chi connectivity index (χ2v) is 5.68. The van der Waals surface area contributed by atoms with E-state index in [-0.39, 0.29) is 0 Å². The number of hydrogen-bond donors (Lipinski definition) is 1. The van der Waals surface area contributed by atoms with Gasteiger partial charge in [0, 0.05) is 17.9 Å². The van der Waals surface area contributed by atoms with Crippen LogP contribution >= 0.6 is 0 Å². The van der Waals surface area contributed by atoms with Gasteiger partial charge in [-0.25, -0.2) is 0 Å². The van der Waals surface area contributed by atoms with Crippen molar-refractivity contribution in [1.82, 2.24) is 5.32 Å². The van der Waals surface area contributed by atoms with Crippen molar-refractivity contribution in [2.45, 2.75) is 58.4 Å². The second kappa shape index (κ2) is 5.31. The molecule has 2 aliphatic rings. The molecular weight excluding hydrogens is 198 g/mol. The third-order valence-electron chi connectivity index (χ3n) is 4.65. The molecule has 92 valence electrons. The Morgan fingerprint density at radius 1 is 1.31 bits per heavy atom. The quantitative estimate of drug-likeness (QED) is 0.797. The van der Waals surface area contributed by atoms with Crippen LogP contribution in [0.4, 0.5) is 0 Å². The van der Waals surface area contributed by atoms with Crippen LogP contribution < -0.4 is 5.32 Å². The SMILES string of the molecule is CCC1CCCC(C(=O)C2CCNC2C)C1. The van der Waals surface area contributed by atoms with E-state index < -0.39 is 0 Å². The molecule has 2 rings (SSSR count). The molecule has 1 N–H and O–H groups in total. The maximum Gasteiger partial charge on any atom is 0.140 e. The van der Waals surface area contributed by atoms with E-state index >= 15 is 0 Å². The molecule has 0 radical (unpaired) electrons. The van der Waals surface area contributed by atoms with E-state index in [2.05, 4.69) is 19.2 Å². The highest BCUT2D eigenvalue weighted by Crippen LogP contribution is 2.34. The molecular formula is C14H25NO. The molecule has 2 nitrogen and oxygen atoms in total. The number of Topliss-reactive ketones (excluding diaryl/α,β-unsaturated/α-hetero) is 1. The summed E-state index contributed by atoms with van der Waals surface area (Å²) in [6.07, 6.45) is 7.24. The third-order valence-corrected chi connectivity index (χ3v) is 4.65. The molecule has 0 aromatic rings. The number of rotatable bonds is 3. The fourth-order valence-electron chi connectivity index (χ4n) is 3.47. The summed E-state index contributed by atoms with van der Waals surface area (Å²) in [4.78, 5) is 12.4. The van der Waals surface area contributed by atoms with Crippen molar-refractivity contribution >= 4 is 5.78 Å². The maximum atomic E-state index is 12.4. The normalized spacial score (nSPS) is 39.9. The Morgan fingerprint density at radius 2 is 2.12 bits per heavy atom. The first kappa shape index (κ1) is 12.1. The van der Waals surface area contributed by atoms with Gasteiger partial charge in [-0.2, -0.15) is 0 Å². The highest BCUT2D eigenvalue weighted by Gasteiger charge is 2.35. The molecule has 0 spiro atoms. The molecule has 16 heavy (non-hydrogen) atoms. The Morgan fingerprint density at radius 3 is 2.75 bits per heavy atom. The summed E-state index contributed by atoms with van der Waals surface area (Å²) in [5.41, 5.74) is 0. The van der Waals surface area contributed by atoms with Gasteiger partial charge >= 0.3 is 0 Å². The summed E-state index contributed by atoms with van der Waals surface area (Å²) in [7, 11) is 0. The van der Waals surface area contributed by atoms with Crippen LogP contribution in [-0.4, -0.2) is 18.4 Å². The maximum absolute atomic E-state index is 12.4. The van der Waals surface area contributed by atoms with E-state index in [4.69, 9.17) is 0 Å². The average Bonchev–Trinajstić information content (AvgIpc) is 2.74. The van der Waals surface area contributed by atoms with Crippen molar-refractivity contribution in [2.75, 3.05) is 6.54 Å². The molecule has 1 aliphatic heterocycles. The average molecular weight is 223 g/mol. The molecule has 0 aromatic heterocycles. The van der Waals surface area contributed by atoms with Gasteiger partial charge in [-0.05, 0) is 38.6 Å². The highest BCUT2D eigenvalue weighted by atomic mass is 16.1. The monoisotopic (exact) mass is 223 g/mol. The van der Waals surface area contributed by atoms with Crippen molar-refractivity contribution < 1.29 is 4.79 Å². The van der Waals surface area contributed by atoms with Gasteiger partial charge in [-0.1, -0.05) is 26.2 Å². The number of nitrogens with one attached hydrogen (secondary N) is 1. The van der Waals surface area contributed by atoms with E-state index in [0.29, 0.717) is 23.7 Å². The van der Waals surface area contributed by atoms with Gasteiger partial charge in [-0.3, -0.25) is 4.79 Å². The molecule has 2 fully saturated rings. The van der Waals surface area contributed by atoms with Gasteiger partial charge in [0.2, 0.25) is 0 Å². The first-order chi connectivity index (χ1) is 7.72. The zero-order valence-electron chi connectivity index (χ0n) is 10.7. The number of hydrogen-bond acceptors (Lipinski definition) is 2. The van der Waals surface area contributed by atoms with Crippen LogP contribution in [0.3, 0.4) is 0 Å². The minimum atomic E-state index is 0.306. The first-order valence-electron chi connectivity index (χ1n) is 6.99. The zero-order chi connectivity index (χ0) is 11.5. The number of carbonyl (C=O) groups is 1. The summed E-state index contributed by atoms with van der Waals surface area (Å²) in [5, 5.41) is 3.39. The molecule has 4 unspecified atom stereocenters. The predicted octanol–water partition coefficient (Wildman–Crippen LogP) is 2.77. The van der Waals surface area contributed by atoms with Crippen LogP contribution in [0.15, 0.2) is 0 Å². The molecule has 1 saturated carbocycles. The largest absolute Gasteiger partial charge is 0.314 e. The minimum Gasteiger partial charge on any atom is -0.314 e. The Hall–Kier alpha value is -0.370. The minimum absolute atomic E-state index is 0.306. The summed E-state index contributed by atoms with van der Waals surface area (Å²) < 4.78 is 0. The Balaban J connectivity index is 1.93. The van der Waals surface area contributed by atoms with E-state index in [9.17, 15) is 4.79 Å². The first-order valence-corrected chi connectivity index (χ1v) is 6.99. The highest BCUT2D eigenvalue weighted by molar-refractivity contribution is 5.84. The zero-order valence-corrected chi connectivity index (χ0v) is 10.7. The molecule has 2 heteroatoms. The Labute approximate surface area is 99.2 Å². The standard InChI is InChI=1S/C14H25NO/c1-3-11-5-4-6-12(9-11)14(16)13-7-8-15-10(13)2/h10-13,15H,3-9H2,1-2H3. The van der Waals surface area contributed by atoms with Crippen LogP contribution in [0.2, 0.25) is 0 Å². The van der Waals surface area contributed by atoms with E-state index in [0.717, 1.165) is 25.3 Å². The number of ketones is 1. The van der Waals surface area contributed by atoms with Crippen LogP contribution in [0.5, 0.6) is 0 Å². The lowest BCUT2D eigenvalue weighted by Crippen LogP contribution is -2.34. The molecule has 1 saturated heterocycles. The van der Waals surface area contributed by atoms with Crippen LogP contribution in [0, 0.1) is 17.8 Å². The van der Waals surface area contributed by atoms with Gasteiger partial charge < -0.3 is 5.32 Å². The van der Waals surface area contributed by atoms with Gasteiger partial charge in [0.1, 0.15) is 5.78 Å². The number of carbonyl (C=O) groups excluding carboxylic acids is 1. The van der Waals surface area contributed by atoms with Gasteiger partial charge in [0.05, 0.1) is 0 Å². The summed E-state index contributed by atoms with van der Waals surface area (Å²) in [5.74, 6) is 2.06. The summed E-state index contributed by atoms with van der Waals surface area (Å²) in [6, 6.07) is 0.412. The fourth-order valence-corrected chi connectivity index (χ4v) is 3.47.